The molecule has 1 saturated carbocycles. The SMILES string of the molecule is CCC/C=C\CCCCCCCC(=O)OC(COCCCCCCCCCCCC)COP(=O)(O)OC1C(O)C(O)C(O)C(O)C1O. The van der Waals surface area contributed by atoms with Gasteiger partial charge in [-0.05, 0) is 32.1 Å². The third-order valence-corrected chi connectivity index (χ3v) is 9.35. The van der Waals surface area contributed by atoms with Crippen LogP contribution in [0.2, 0.25) is 0 Å². The van der Waals surface area contributed by atoms with Crippen molar-refractivity contribution in [2.45, 2.75) is 179 Å². The lowest BCUT2D eigenvalue weighted by Crippen LogP contribution is -2.64. The topological polar surface area (TPSA) is 192 Å². The van der Waals surface area contributed by atoms with E-state index in [4.69, 9.17) is 18.5 Å². The van der Waals surface area contributed by atoms with E-state index in [1.165, 1.54) is 44.9 Å². The lowest BCUT2D eigenvalue weighted by Gasteiger charge is -2.41. The molecule has 0 saturated heterocycles. The van der Waals surface area contributed by atoms with Crippen LogP contribution in [-0.4, -0.2) is 98.9 Å². The third-order valence-electron chi connectivity index (χ3n) is 8.37. The molecule has 47 heavy (non-hydrogen) atoms. The van der Waals surface area contributed by atoms with Crippen LogP contribution in [-0.2, 0) is 27.9 Å². The van der Waals surface area contributed by atoms with E-state index in [1.54, 1.807) is 0 Å². The van der Waals surface area contributed by atoms with E-state index in [0.29, 0.717) is 13.0 Å². The quantitative estimate of drug-likeness (QED) is 0.0258. The van der Waals surface area contributed by atoms with Crippen molar-refractivity contribution in [2.75, 3.05) is 19.8 Å². The summed E-state index contributed by atoms with van der Waals surface area (Å²) in [6, 6.07) is 0. The normalized spacial score (nSPS) is 25.2. The van der Waals surface area contributed by atoms with Crippen LogP contribution < -0.4 is 0 Å². The van der Waals surface area contributed by atoms with Crippen molar-refractivity contribution >= 4 is 13.8 Å². The summed E-state index contributed by atoms with van der Waals surface area (Å²) >= 11 is 0. The van der Waals surface area contributed by atoms with Crippen molar-refractivity contribution in [3.8, 4) is 0 Å². The molecule has 278 valence electrons. The van der Waals surface area contributed by atoms with Crippen molar-refractivity contribution in [1.29, 1.82) is 0 Å². The Morgan fingerprint density at radius 3 is 1.77 bits per heavy atom. The van der Waals surface area contributed by atoms with Crippen molar-refractivity contribution in [3.05, 3.63) is 12.2 Å². The summed E-state index contributed by atoms with van der Waals surface area (Å²) in [6.07, 6.45) is 11.7. The number of aliphatic hydroxyl groups is 5. The van der Waals surface area contributed by atoms with Crippen molar-refractivity contribution in [1.82, 2.24) is 0 Å². The zero-order valence-electron chi connectivity index (χ0n) is 28.8. The van der Waals surface area contributed by atoms with Gasteiger partial charge in [-0.1, -0.05) is 109 Å². The average Bonchev–Trinajstić information content (AvgIpc) is 3.05. The Balaban J connectivity index is 2.52. The molecule has 13 heteroatoms. The van der Waals surface area contributed by atoms with Gasteiger partial charge in [0.1, 0.15) is 42.7 Å². The van der Waals surface area contributed by atoms with Gasteiger partial charge in [-0.3, -0.25) is 13.8 Å². The van der Waals surface area contributed by atoms with E-state index in [2.05, 4.69) is 26.0 Å². The summed E-state index contributed by atoms with van der Waals surface area (Å²) in [6.45, 7) is 4.13. The lowest BCUT2D eigenvalue weighted by atomic mass is 9.85. The fraction of sp³-hybridized carbons (Fsp3) is 0.912. The molecule has 0 aromatic rings. The number of allylic oxidation sites excluding steroid dienone is 2. The number of hydrogen-bond acceptors (Lipinski definition) is 11. The van der Waals surface area contributed by atoms with Crippen LogP contribution in [0.3, 0.4) is 0 Å². The summed E-state index contributed by atoms with van der Waals surface area (Å²) in [5, 5.41) is 49.8. The Morgan fingerprint density at radius 1 is 0.660 bits per heavy atom. The fourth-order valence-electron chi connectivity index (χ4n) is 5.41. The van der Waals surface area contributed by atoms with Crippen molar-refractivity contribution in [2.24, 2.45) is 0 Å². The lowest BCUT2D eigenvalue weighted by molar-refractivity contribution is -0.220. The molecule has 0 aromatic carbocycles. The number of carbonyl (C=O) groups is 1. The molecule has 1 fully saturated rings. The second-order valence-electron chi connectivity index (χ2n) is 12.7. The number of esters is 1. The van der Waals surface area contributed by atoms with Gasteiger partial charge in [0.2, 0.25) is 0 Å². The minimum Gasteiger partial charge on any atom is -0.457 e. The Labute approximate surface area is 282 Å². The molecule has 12 nitrogen and oxygen atoms in total. The molecule has 6 N–H and O–H groups in total. The number of rotatable bonds is 29. The highest BCUT2D eigenvalue weighted by atomic mass is 31.2. The highest BCUT2D eigenvalue weighted by Crippen LogP contribution is 2.47. The summed E-state index contributed by atoms with van der Waals surface area (Å²) in [5.74, 6) is -0.490. The molecule has 6 atom stereocenters. The van der Waals surface area contributed by atoms with Crippen LogP contribution in [0, 0.1) is 0 Å². The summed E-state index contributed by atoms with van der Waals surface area (Å²) in [4.78, 5) is 22.9. The number of phosphoric ester groups is 1. The molecular formula is C34H65O12P. The predicted octanol–water partition coefficient (Wildman–Crippen LogP) is 5.24. The van der Waals surface area contributed by atoms with Crippen LogP contribution in [0.25, 0.3) is 0 Å². The van der Waals surface area contributed by atoms with E-state index >= 15 is 0 Å². The Kier molecular flexibility index (Phi) is 25.2. The summed E-state index contributed by atoms with van der Waals surface area (Å²) in [7, 11) is -5.00. The molecule has 0 spiro atoms. The van der Waals surface area contributed by atoms with Crippen molar-refractivity contribution < 1.29 is 58.3 Å². The molecule has 1 aliphatic rings. The van der Waals surface area contributed by atoms with E-state index in [9.17, 15) is 39.8 Å². The zero-order valence-corrected chi connectivity index (χ0v) is 29.7. The first-order valence-corrected chi connectivity index (χ1v) is 19.5. The minimum atomic E-state index is -5.00. The van der Waals surface area contributed by atoms with Gasteiger partial charge in [0.05, 0.1) is 13.2 Å². The number of ether oxygens (including phenoxy) is 2. The number of carbonyl (C=O) groups excluding carboxylic acids is 1. The third kappa shape index (κ3) is 20.4. The first-order chi connectivity index (χ1) is 22.5. The Bertz CT molecular complexity index is 843. The van der Waals surface area contributed by atoms with Gasteiger partial charge in [-0.15, -0.1) is 0 Å². The molecule has 6 unspecified atom stereocenters. The first kappa shape index (κ1) is 44.1. The van der Waals surface area contributed by atoms with Gasteiger partial charge >= 0.3 is 13.8 Å². The van der Waals surface area contributed by atoms with Gasteiger partial charge in [0.15, 0.2) is 0 Å². The monoisotopic (exact) mass is 696 g/mol. The molecule has 0 heterocycles. The Morgan fingerprint density at radius 2 is 1.17 bits per heavy atom. The summed E-state index contributed by atoms with van der Waals surface area (Å²) < 4.78 is 33.8. The highest BCUT2D eigenvalue weighted by Gasteiger charge is 2.51. The molecule has 0 amide bonds. The fourth-order valence-corrected chi connectivity index (χ4v) is 6.39. The standard InChI is InChI=1S/C34H65O12P/c1-3-5-7-9-11-13-15-17-19-21-23-28(35)45-27(25-43-24-22-20-18-16-14-12-10-8-6-4-2)26-44-47(41,42)46-34-32(39)30(37)29(36)31(38)33(34)40/h7,9,27,29-34,36-40H,3-6,8,10-26H2,1-2H3,(H,41,42)/b9-7-. The van der Waals surface area contributed by atoms with E-state index in [-0.39, 0.29) is 13.0 Å². The predicted molar refractivity (Wildman–Crippen MR) is 180 cm³/mol. The number of aliphatic hydroxyl groups excluding tert-OH is 5. The molecule has 1 rings (SSSR count). The van der Waals surface area contributed by atoms with Gasteiger partial charge in [0, 0.05) is 13.0 Å². The largest absolute Gasteiger partial charge is 0.472 e. The number of hydrogen-bond donors (Lipinski definition) is 6. The first-order valence-electron chi connectivity index (χ1n) is 18.0. The minimum absolute atomic E-state index is 0.0764. The zero-order chi connectivity index (χ0) is 34.9. The van der Waals surface area contributed by atoms with Crippen LogP contribution in [0.5, 0.6) is 0 Å². The molecule has 0 aliphatic heterocycles. The van der Waals surface area contributed by atoms with Crippen LogP contribution in [0.15, 0.2) is 12.2 Å². The highest BCUT2D eigenvalue weighted by molar-refractivity contribution is 7.47. The van der Waals surface area contributed by atoms with Crippen LogP contribution in [0.4, 0.5) is 0 Å². The average molecular weight is 697 g/mol. The maximum Gasteiger partial charge on any atom is 0.472 e. The number of phosphoric acid groups is 1. The van der Waals surface area contributed by atoms with Crippen LogP contribution in [0.1, 0.15) is 136 Å². The van der Waals surface area contributed by atoms with Gasteiger partial charge in [-0.25, -0.2) is 4.57 Å². The molecule has 0 radical (unpaired) electrons. The number of unbranched alkanes of at least 4 members (excludes halogenated alkanes) is 15. The molecule has 0 bridgehead atoms. The van der Waals surface area contributed by atoms with E-state index < -0.39 is 63.1 Å². The smallest absolute Gasteiger partial charge is 0.457 e. The summed E-state index contributed by atoms with van der Waals surface area (Å²) in [5.41, 5.74) is 0. The maximum absolute atomic E-state index is 12.7. The maximum atomic E-state index is 12.7. The molecular weight excluding hydrogens is 631 g/mol. The van der Waals surface area contributed by atoms with Gasteiger partial charge < -0.3 is 39.9 Å². The van der Waals surface area contributed by atoms with E-state index in [1.807, 2.05) is 0 Å². The van der Waals surface area contributed by atoms with Crippen LogP contribution >= 0.6 is 7.82 Å². The second kappa shape index (κ2) is 26.9. The van der Waals surface area contributed by atoms with Crippen molar-refractivity contribution in [3.63, 3.8) is 0 Å². The van der Waals surface area contributed by atoms with Gasteiger partial charge in [0.25, 0.3) is 0 Å². The van der Waals surface area contributed by atoms with Gasteiger partial charge in [-0.2, -0.15) is 0 Å². The molecule has 1 aliphatic carbocycles. The Hall–Kier alpha value is -0.920. The van der Waals surface area contributed by atoms with E-state index in [0.717, 1.165) is 64.2 Å². The second-order valence-corrected chi connectivity index (χ2v) is 14.1. The molecule has 0 aromatic heterocycles.